The number of aromatic nitrogens is 3. The third-order valence-electron chi connectivity index (χ3n) is 2.78. The Morgan fingerprint density at radius 1 is 1.63 bits per heavy atom. The maximum Gasteiger partial charge on any atom is 0.417 e. The Kier molecular flexibility index (Phi) is 3.50. The van der Waals surface area contributed by atoms with Gasteiger partial charge in [-0.15, -0.1) is 5.10 Å². The molecule has 102 valence electrons. The zero-order valence-corrected chi connectivity index (χ0v) is 10.4. The number of carbonyl (C=O) groups excluding carboxylic acids is 1. The van der Waals surface area contributed by atoms with E-state index in [-0.39, 0.29) is 24.4 Å². The molecule has 8 nitrogen and oxygen atoms in total. The number of amides is 1. The normalized spacial score (nSPS) is 17.7. The van der Waals surface area contributed by atoms with E-state index in [4.69, 9.17) is 9.84 Å². The van der Waals surface area contributed by atoms with Crippen molar-refractivity contribution in [2.45, 2.75) is 25.9 Å². The molecule has 19 heavy (non-hydrogen) atoms. The first kappa shape index (κ1) is 13.1. The predicted octanol–water partition coefficient (Wildman–Crippen LogP) is 0.897. The van der Waals surface area contributed by atoms with Crippen LogP contribution in [0.2, 0.25) is 0 Å². The van der Waals surface area contributed by atoms with Gasteiger partial charge < -0.3 is 9.84 Å². The summed E-state index contributed by atoms with van der Waals surface area (Å²) in [5.41, 5.74) is 0. The fraction of sp³-hybridized carbons (Fsp3) is 0.455. The van der Waals surface area contributed by atoms with Gasteiger partial charge in [0.15, 0.2) is 0 Å². The molecule has 0 aliphatic carbocycles. The lowest BCUT2D eigenvalue weighted by Gasteiger charge is -2.31. The van der Waals surface area contributed by atoms with Crippen molar-refractivity contribution in [3.05, 3.63) is 18.5 Å². The Morgan fingerprint density at radius 2 is 2.37 bits per heavy atom. The van der Waals surface area contributed by atoms with Crippen LogP contribution < -0.4 is 4.90 Å². The van der Waals surface area contributed by atoms with E-state index < -0.39 is 12.1 Å². The summed E-state index contributed by atoms with van der Waals surface area (Å²) in [6.07, 6.45) is 1.52. The number of hydrogen-bond acceptors (Lipinski definition) is 5. The Morgan fingerprint density at radius 3 is 3.00 bits per heavy atom. The van der Waals surface area contributed by atoms with E-state index in [1.165, 1.54) is 15.7 Å². The average molecular weight is 266 g/mol. The van der Waals surface area contributed by atoms with Crippen molar-refractivity contribution in [2.75, 3.05) is 11.5 Å². The molecule has 0 bridgehead atoms. The SMILES string of the molecule is C=CCOC(=O)N1c2nc(C(=O)O)nn2CCC1C. The van der Waals surface area contributed by atoms with E-state index in [0.717, 1.165) is 0 Å². The van der Waals surface area contributed by atoms with Crippen LogP contribution in [0.15, 0.2) is 12.7 Å². The number of hydrogen-bond donors (Lipinski definition) is 1. The van der Waals surface area contributed by atoms with Gasteiger partial charge in [0.2, 0.25) is 5.95 Å². The number of carboxylic acid groups (broad SMARTS) is 1. The fourth-order valence-electron chi connectivity index (χ4n) is 1.85. The first-order valence-corrected chi connectivity index (χ1v) is 5.79. The number of anilines is 1. The van der Waals surface area contributed by atoms with Gasteiger partial charge in [-0.3, -0.25) is 0 Å². The summed E-state index contributed by atoms with van der Waals surface area (Å²) < 4.78 is 6.37. The monoisotopic (exact) mass is 266 g/mol. The molecule has 2 rings (SSSR count). The summed E-state index contributed by atoms with van der Waals surface area (Å²) in [4.78, 5) is 28.0. The van der Waals surface area contributed by atoms with Crippen molar-refractivity contribution in [2.24, 2.45) is 0 Å². The van der Waals surface area contributed by atoms with E-state index in [2.05, 4.69) is 16.7 Å². The zero-order chi connectivity index (χ0) is 14.0. The zero-order valence-electron chi connectivity index (χ0n) is 10.4. The van der Waals surface area contributed by atoms with Crippen LogP contribution in [-0.4, -0.2) is 44.6 Å². The highest BCUT2D eigenvalue weighted by Crippen LogP contribution is 2.23. The van der Waals surface area contributed by atoms with Crippen molar-refractivity contribution < 1.29 is 19.4 Å². The molecule has 0 saturated carbocycles. The molecule has 1 unspecified atom stereocenters. The average Bonchev–Trinajstić information content (AvgIpc) is 2.79. The second-order valence-electron chi connectivity index (χ2n) is 4.14. The third-order valence-corrected chi connectivity index (χ3v) is 2.78. The molecule has 1 aromatic rings. The van der Waals surface area contributed by atoms with Gasteiger partial charge in [0.1, 0.15) is 6.61 Å². The second-order valence-corrected chi connectivity index (χ2v) is 4.14. The van der Waals surface area contributed by atoms with Crippen LogP contribution in [-0.2, 0) is 11.3 Å². The molecule has 0 saturated heterocycles. The maximum absolute atomic E-state index is 11.9. The van der Waals surface area contributed by atoms with Gasteiger partial charge in [-0.25, -0.2) is 19.2 Å². The summed E-state index contributed by atoms with van der Waals surface area (Å²) in [5, 5.41) is 12.7. The van der Waals surface area contributed by atoms with Crippen LogP contribution in [0, 0.1) is 0 Å². The van der Waals surface area contributed by atoms with E-state index in [0.29, 0.717) is 13.0 Å². The molecule has 1 amide bonds. The van der Waals surface area contributed by atoms with Gasteiger partial charge in [0, 0.05) is 12.6 Å². The Hall–Kier alpha value is -2.38. The molecule has 0 radical (unpaired) electrons. The first-order valence-electron chi connectivity index (χ1n) is 5.79. The minimum absolute atomic E-state index is 0.0853. The van der Waals surface area contributed by atoms with Crippen molar-refractivity contribution in [1.82, 2.24) is 14.8 Å². The largest absolute Gasteiger partial charge is 0.475 e. The summed E-state index contributed by atoms with van der Waals surface area (Å²) in [7, 11) is 0. The third kappa shape index (κ3) is 2.42. The molecule has 1 aromatic heterocycles. The summed E-state index contributed by atoms with van der Waals surface area (Å²) in [5.74, 6) is -1.36. The van der Waals surface area contributed by atoms with Gasteiger partial charge in [0.05, 0.1) is 0 Å². The summed E-state index contributed by atoms with van der Waals surface area (Å²) >= 11 is 0. The van der Waals surface area contributed by atoms with Gasteiger partial charge in [-0.1, -0.05) is 12.7 Å². The summed E-state index contributed by atoms with van der Waals surface area (Å²) in [6, 6.07) is -0.129. The molecular formula is C11H14N4O4. The lowest BCUT2D eigenvalue weighted by molar-refractivity contribution is 0.0683. The van der Waals surface area contributed by atoms with Crippen molar-refractivity contribution in [3.63, 3.8) is 0 Å². The fourth-order valence-corrected chi connectivity index (χ4v) is 1.85. The molecule has 0 aromatic carbocycles. The molecular weight excluding hydrogens is 252 g/mol. The van der Waals surface area contributed by atoms with Gasteiger partial charge >= 0.3 is 12.1 Å². The van der Waals surface area contributed by atoms with Crippen LogP contribution in [0.5, 0.6) is 0 Å². The molecule has 2 heterocycles. The topological polar surface area (TPSA) is 97.6 Å². The quantitative estimate of drug-likeness (QED) is 0.816. The highest BCUT2D eigenvalue weighted by Gasteiger charge is 2.33. The number of rotatable bonds is 3. The van der Waals surface area contributed by atoms with Gasteiger partial charge in [-0.2, -0.15) is 4.98 Å². The van der Waals surface area contributed by atoms with Crippen LogP contribution in [0.4, 0.5) is 10.7 Å². The molecule has 0 spiro atoms. The van der Waals surface area contributed by atoms with Crippen LogP contribution in [0.1, 0.15) is 24.0 Å². The maximum atomic E-state index is 11.9. The van der Waals surface area contributed by atoms with Crippen LogP contribution in [0.3, 0.4) is 0 Å². The molecule has 1 aliphatic heterocycles. The molecule has 1 N–H and O–H groups in total. The summed E-state index contributed by atoms with van der Waals surface area (Å²) in [6.45, 7) is 5.90. The standard InChI is InChI=1S/C11H14N4O4/c1-3-6-19-11(18)15-7(2)4-5-14-10(15)12-8(13-14)9(16)17/h3,7H,1,4-6H2,2H3,(H,16,17). The predicted molar refractivity (Wildman–Crippen MR) is 65.1 cm³/mol. The van der Waals surface area contributed by atoms with Crippen molar-refractivity contribution in [1.29, 1.82) is 0 Å². The van der Waals surface area contributed by atoms with Crippen molar-refractivity contribution in [3.8, 4) is 0 Å². The number of ether oxygens (including phenoxy) is 1. The lowest BCUT2D eigenvalue weighted by Crippen LogP contribution is -2.44. The van der Waals surface area contributed by atoms with Gasteiger partial charge in [0.25, 0.3) is 5.82 Å². The number of carboxylic acids is 1. The Bertz CT molecular complexity index is 525. The Labute approximate surface area is 109 Å². The first-order chi connectivity index (χ1) is 9.04. The van der Waals surface area contributed by atoms with E-state index in [1.807, 2.05) is 6.92 Å². The molecule has 0 fully saturated rings. The second kappa shape index (κ2) is 5.09. The minimum atomic E-state index is -1.23. The Balaban J connectivity index is 2.31. The van der Waals surface area contributed by atoms with E-state index in [1.54, 1.807) is 0 Å². The number of fused-ring (bicyclic) bond motifs is 1. The van der Waals surface area contributed by atoms with Crippen LogP contribution >= 0.6 is 0 Å². The number of carbonyl (C=O) groups is 2. The highest BCUT2D eigenvalue weighted by molar-refractivity contribution is 5.88. The van der Waals surface area contributed by atoms with Crippen molar-refractivity contribution >= 4 is 18.0 Å². The molecule has 8 heteroatoms. The number of nitrogens with zero attached hydrogens (tertiary/aromatic N) is 4. The highest BCUT2D eigenvalue weighted by atomic mass is 16.6. The van der Waals surface area contributed by atoms with E-state index >= 15 is 0 Å². The lowest BCUT2D eigenvalue weighted by atomic mass is 10.2. The molecule has 1 aliphatic rings. The number of aromatic carboxylic acids is 1. The number of aryl methyl sites for hydroxylation is 1. The molecule has 1 atom stereocenters. The van der Waals surface area contributed by atoms with Crippen LogP contribution in [0.25, 0.3) is 0 Å². The minimum Gasteiger partial charge on any atom is -0.475 e. The van der Waals surface area contributed by atoms with E-state index in [9.17, 15) is 9.59 Å². The van der Waals surface area contributed by atoms with Gasteiger partial charge in [-0.05, 0) is 13.3 Å². The smallest absolute Gasteiger partial charge is 0.417 e.